The Labute approximate surface area is 245 Å². The normalized spacial score (nSPS) is 33.2. The molecular weight excluding hydrogens is 533 g/mol. The van der Waals surface area contributed by atoms with Gasteiger partial charge in [-0.1, -0.05) is 11.2 Å². The van der Waals surface area contributed by atoms with Crippen molar-refractivity contribution in [2.24, 2.45) is 23.2 Å². The van der Waals surface area contributed by atoms with Gasteiger partial charge in [0, 0.05) is 41.2 Å². The van der Waals surface area contributed by atoms with Crippen molar-refractivity contribution < 1.29 is 18.4 Å². The molecule has 9 heteroatoms. The topological polar surface area (TPSA) is 94.2 Å². The molecule has 8 nitrogen and oxygen atoms in total. The Morgan fingerprint density at radius 1 is 1.05 bits per heavy atom. The minimum absolute atomic E-state index is 0.0279. The number of carbonyl (C=O) groups excluding carboxylic acids is 1. The number of fused-ring (bicyclic) bond motifs is 5. The minimum Gasteiger partial charge on any atom is -0.467 e. The maximum atomic E-state index is 14.9. The molecule has 220 valence electrons. The van der Waals surface area contributed by atoms with Gasteiger partial charge in [0.15, 0.2) is 5.82 Å². The number of hydrogen-bond acceptors (Lipinski definition) is 7. The number of benzene rings is 1. The largest absolute Gasteiger partial charge is 0.467 e. The van der Waals surface area contributed by atoms with Crippen LogP contribution >= 0.6 is 0 Å². The molecule has 0 N–H and O–H groups in total. The lowest BCUT2D eigenvalue weighted by atomic mass is 9.52. The zero-order valence-corrected chi connectivity index (χ0v) is 24.2. The Hall–Kier alpha value is -3.36. The van der Waals surface area contributed by atoms with Crippen LogP contribution in [0.2, 0.25) is 0 Å². The fourth-order valence-electron chi connectivity index (χ4n) is 8.38. The van der Waals surface area contributed by atoms with Crippen molar-refractivity contribution in [2.75, 3.05) is 18.6 Å². The molecule has 7 saturated carbocycles. The molecule has 1 amide bonds. The third-order valence-electron chi connectivity index (χ3n) is 11.4. The monoisotopic (exact) mass is 571 g/mol. The van der Waals surface area contributed by atoms with Crippen molar-refractivity contribution in [3.8, 4) is 17.5 Å². The summed E-state index contributed by atoms with van der Waals surface area (Å²) in [5.41, 5.74) is 2.81. The number of halogens is 1. The van der Waals surface area contributed by atoms with Crippen LogP contribution in [-0.4, -0.2) is 45.8 Å². The lowest BCUT2D eigenvalue weighted by molar-refractivity contribution is -0.133. The van der Waals surface area contributed by atoms with E-state index in [9.17, 15) is 9.18 Å². The first kappa shape index (κ1) is 26.3. The highest BCUT2D eigenvalue weighted by molar-refractivity contribution is 5.96. The highest BCUT2D eigenvalue weighted by atomic mass is 19.1. The Balaban J connectivity index is 1.08. The molecule has 42 heavy (non-hydrogen) atoms. The van der Waals surface area contributed by atoms with Crippen molar-refractivity contribution in [1.82, 2.24) is 20.1 Å². The van der Waals surface area contributed by atoms with Crippen LogP contribution in [0, 0.1) is 23.2 Å². The van der Waals surface area contributed by atoms with Gasteiger partial charge in [-0.3, -0.25) is 4.79 Å². The Kier molecular flexibility index (Phi) is 6.16. The highest BCUT2D eigenvalue weighted by Gasteiger charge is 2.53. The predicted octanol–water partition coefficient (Wildman–Crippen LogP) is 6.42. The first-order chi connectivity index (χ1) is 20.4. The molecule has 0 saturated heterocycles. The Morgan fingerprint density at radius 3 is 2.55 bits per heavy atom. The summed E-state index contributed by atoms with van der Waals surface area (Å²) in [6.07, 6.45) is 11.3. The highest BCUT2D eigenvalue weighted by Crippen LogP contribution is 2.58. The van der Waals surface area contributed by atoms with Gasteiger partial charge in [0.05, 0.1) is 12.8 Å². The Morgan fingerprint density at radius 2 is 1.83 bits per heavy atom. The molecule has 10 rings (SSSR count). The van der Waals surface area contributed by atoms with Gasteiger partial charge in [0.1, 0.15) is 6.17 Å². The van der Waals surface area contributed by atoms with E-state index in [4.69, 9.17) is 14.2 Å². The van der Waals surface area contributed by atoms with Crippen LogP contribution in [-0.2, 0) is 10.2 Å². The maximum absolute atomic E-state index is 14.9. The number of alkyl halides is 1. The summed E-state index contributed by atoms with van der Waals surface area (Å²) in [6.45, 7) is 0.652. The van der Waals surface area contributed by atoms with E-state index in [1.807, 2.05) is 35.2 Å². The van der Waals surface area contributed by atoms with E-state index in [2.05, 4.69) is 15.1 Å². The summed E-state index contributed by atoms with van der Waals surface area (Å²) >= 11 is 0. The van der Waals surface area contributed by atoms with Crippen LogP contribution in [0.25, 0.3) is 11.5 Å². The fourth-order valence-corrected chi connectivity index (χ4v) is 8.38. The number of ether oxygens (including phenoxy) is 1. The second kappa shape index (κ2) is 9.85. The van der Waals surface area contributed by atoms with E-state index in [1.54, 1.807) is 13.3 Å². The van der Waals surface area contributed by atoms with Gasteiger partial charge in [-0.25, -0.2) is 9.37 Å². The summed E-state index contributed by atoms with van der Waals surface area (Å²) in [5.74, 6) is 1.95. The molecule has 1 aromatic carbocycles. The van der Waals surface area contributed by atoms with Crippen LogP contribution in [0.1, 0.15) is 88.1 Å². The fraction of sp³-hybridized carbons (Fsp3) is 0.606. The second-order valence-corrected chi connectivity index (χ2v) is 13.8. The molecule has 2 aromatic heterocycles. The molecular formula is C33H38FN5O3. The van der Waals surface area contributed by atoms with Gasteiger partial charge < -0.3 is 14.2 Å². The molecule has 3 aromatic rings. The SMILES string of the molecule is COc1nccc(C23CCC(CN(C(=O)C4CC(F)C5CC4C5)c4cccc(-c5nc(C6CC6)no5)c4)(CC2)CC3)n1. The first-order valence-electron chi connectivity index (χ1n) is 15.7. The predicted molar refractivity (Wildman–Crippen MR) is 154 cm³/mol. The van der Waals surface area contributed by atoms with Gasteiger partial charge in [-0.05, 0) is 112 Å². The zero-order valence-electron chi connectivity index (χ0n) is 24.2. The molecule has 0 spiro atoms. The maximum Gasteiger partial charge on any atom is 0.316 e. The zero-order chi connectivity index (χ0) is 28.5. The first-order valence-corrected chi connectivity index (χ1v) is 15.7. The summed E-state index contributed by atoms with van der Waals surface area (Å²) in [6, 6.07) is 10.4. The van der Waals surface area contributed by atoms with Crippen molar-refractivity contribution in [3.05, 3.63) is 48.0 Å². The summed E-state index contributed by atoms with van der Waals surface area (Å²) in [5, 5.41) is 4.20. The average molecular weight is 572 g/mol. The van der Waals surface area contributed by atoms with Gasteiger partial charge in [-0.2, -0.15) is 9.97 Å². The van der Waals surface area contributed by atoms with Crippen LogP contribution in [0.5, 0.6) is 6.01 Å². The van der Waals surface area contributed by atoms with Gasteiger partial charge in [0.25, 0.3) is 5.89 Å². The minimum atomic E-state index is -0.871. The van der Waals surface area contributed by atoms with Gasteiger partial charge in [-0.15, -0.1) is 0 Å². The van der Waals surface area contributed by atoms with E-state index >= 15 is 0 Å². The number of carbonyl (C=O) groups is 1. The number of anilines is 1. The molecule has 0 aliphatic heterocycles. The van der Waals surface area contributed by atoms with Crippen molar-refractivity contribution in [3.63, 3.8) is 0 Å². The second-order valence-electron chi connectivity index (χ2n) is 13.8. The van der Waals surface area contributed by atoms with E-state index in [1.165, 1.54) is 0 Å². The lowest BCUT2D eigenvalue weighted by Crippen LogP contribution is -2.55. The smallest absolute Gasteiger partial charge is 0.316 e. The van der Waals surface area contributed by atoms with E-state index < -0.39 is 6.17 Å². The number of amides is 1. The van der Waals surface area contributed by atoms with E-state index in [0.29, 0.717) is 36.7 Å². The number of rotatable bonds is 8. The Bertz CT molecular complexity index is 1470. The quantitative estimate of drug-likeness (QED) is 0.308. The average Bonchev–Trinajstić information content (AvgIpc) is 3.75. The molecule has 2 unspecified atom stereocenters. The van der Waals surface area contributed by atoms with Crippen LogP contribution in [0.15, 0.2) is 41.1 Å². The van der Waals surface area contributed by atoms with Crippen molar-refractivity contribution in [2.45, 2.75) is 88.1 Å². The van der Waals surface area contributed by atoms with Crippen molar-refractivity contribution >= 4 is 11.6 Å². The number of methoxy groups -OCH3 is 1. The standard InChI is InChI=1S/C33H38FN5O3/c1-41-31-35-14-7-27(36-31)33-11-8-32(9-12-33,10-13-33)19-39(30(40)25-18-26(34)23-15-22(25)16-23)24-4-2-3-21(17-24)29-37-28(38-42-29)20-5-6-20/h2-4,7,14,17,20,22-23,25-26H,5-6,8-13,15-16,18-19H2,1H3. The van der Waals surface area contributed by atoms with Crippen LogP contribution in [0.3, 0.4) is 0 Å². The molecule has 7 aliphatic carbocycles. The number of hydrogen-bond donors (Lipinski definition) is 0. The van der Waals surface area contributed by atoms with Crippen LogP contribution < -0.4 is 9.64 Å². The molecule has 7 aliphatic rings. The summed E-state index contributed by atoms with van der Waals surface area (Å²) in [4.78, 5) is 30.0. The number of nitrogens with zero attached hydrogens (tertiary/aromatic N) is 5. The molecule has 2 atom stereocenters. The molecule has 4 bridgehead atoms. The van der Waals surface area contributed by atoms with E-state index in [0.717, 1.165) is 87.0 Å². The lowest BCUT2D eigenvalue weighted by Gasteiger charge is -2.55. The van der Waals surface area contributed by atoms with Gasteiger partial charge in [0.2, 0.25) is 5.91 Å². The molecule has 0 radical (unpaired) electrons. The summed E-state index contributed by atoms with van der Waals surface area (Å²) < 4.78 is 25.9. The molecule has 7 fully saturated rings. The molecule has 2 heterocycles. The van der Waals surface area contributed by atoms with Gasteiger partial charge >= 0.3 is 6.01 Å². The van der Waals surface area contributed by atoms with Crippen LogP contribution in [0.4, 0.5) is 10.1 Å². The van der Waals surface area contributed by atoms with E-state index in [-0.39, 0.29) is 28.6 Å². The number of aromatic nitrogens is 4. The van der Waals surface area contributed by atoms with Crippen molar-refractivity contribution in [1.29, 1.82) is 0 Å². The third-order valence-corrected chi connectivity index (χ3v) is 11.4. The third kappa shape index (κ3) is 4.42. The summed E-state index contributed by atoms with van der Waals surface area (Å²) in [7, 11) is 1.61.